The number of amides is 1. The Labute approximate surface area is 201 Å². The van der Waals surface area contributed by atoms with Crippen LogP contribution in [0.15, 0.2) is 40.9 Å². The number of hydrogen-bond acceptors (Lipinski definition) is 5. The van der Waals surface area contributed by atoms with Gasteiger partial charge < -0.3 is 18.7 Å². The lowest BCUT2D eigenvalue weighted by molar-refractivity contribution is -0.117. The Morgan fingerprint density at radius 2 is 1.97 bits per heavy atom. The van der Waals surface area contributed by atoms with Crippen LogP contribution < -0.4 is 4.90 Å². The number of imidazole rings is 1. The lowest BCUT2D eigenvalue weighted by Crippen LogP contribution is -2.29. The van der Waals surface area contributed by atoms with E-state index in [1.165, 1.54) is 11.0 Å². The van der Waals surface area contributed by atoms with Gasteiger partial charge in [-0.3, -0.25) is 4.79 Å². The van der Waals surface area contributed by atoms with E-state index in [1.54, 1.807) is 7.11 Å². The van der Waals surface area contributed by atoms with Gasteiger partial charge in [0.1, 0.15) is 11.6 Å². The second kappa shape index (κ2) is 9.22. The maximum atomic E-state index is 14.0. The smallest absolute Gasteiger partial charge is 0.227 e. The number of aryl methyl sites for hydroxylation is 3. The molecule has 2 aromatic heterocycles. The Hall–Kier alpha value is -3.59. The van der Waals surface area contributed by atoms with Crippen LogP contribution in [-0.4, -0.2) is 34.3 Å². The summed E-state index contributed by atoms with van der Waals surface area (Å²) in [5.41, 5.74) is 4.70. The molecule has 0 N–H and O–H groups in total. The van der Waals surface area contributed by atoms with Crippen molar-refractivity contribution in [3.8, 4) is 11.1 Å². The number of ether oxygens (including phenoxy) is 1. The highest BCUT2D eigenvalue weighted by atomic mass is 19.2. The average molecular weight is 481 g/mol. The highest BCUT2D eigenvalue weighted by Crippen LogP contribution is 2.39. The Morgan fingerprint density at radius 1 is 1.14 bits per heavy atom. The molecule has 35 heavy (non-hydrogen) atoms. The molecule has 7 nitrogen and oxygen atoms in total. The Morgan fingerprint density at radius 3 is 2.69 bits per heavy atom. The number of nitrogens with zero attached hydrogens (tertiary/aromatic N) is 4. The van der Waals surface area contributed by atoms with Crippen molar-refractivity contribution in [1.29, 1.82) is 0 Å². The van der Waals surface area contributed by atoms with Gasteiger partial charge in [0.15, 0.2) is 11.6 Å². The van der Waals surface area contributed by atoms with Crippen LogP contribution in [0.2, 0.25) is 0 Å². The summed E-state index contributed by atoms with van der Waals surface area (Å²) in [6, 6.07) is 9.17. The van der Waals surface area contributed by atoms with E-state index in [1.807, 2.05) is 32.0 Å². The number of fused-ring (bicyclic) bond motifs is 1. The van der Waals surface area contributed by atoms with Crippen molar-refractivity contribution in [1.82, 2.24) is 14.7 Å². The van der Waals surface area contributed by atoms with Crippen molar-refractivity contribution in [3.63, 3.8) is 0 Å². The third-order valence-corrected chi connectivity index (χ3v) is 6.52. The van der Waals surface area contributed by atoms with E-state index < -0.39 is 17.7 Å². The first-order valence-electron chi connectivity index (χ1n) is 11.6. The first-order chi connectivity index (χ1) is 16.9. The minimum atomic E-state index is -0.987. The van der Waals surface area contributed by atoms with E-state index in [2.05, 4.69) is 9.72 Å². The van der Waals surface area contributed by atoms with E-state index in [4.69, 9.17) is 14.2 Å². The zero-order valence-electron chi connectivity index (χ0n) is 19.8. The van der Waals surface area contributed by atoms with Crippen LogP contribution in [0.5, 0.6) is 0 Å². The lowest BCUT2D eigenvalue weighted by Gasteiger charge is -2.25. The van der Waals surface area contributed by atoms with Crippen LogP contribution in [0.1, 0.15) is 42.6 Å². The predicted molar refractivity (Wildman–Crippen MR) is 127 cm³/mol. The van der Waals surface area contributed by atoms with Crippen molar-refractivity contribution in [2.45, 2.75) is 45.7 Å². The largest absolute Gasteiger partial charge is 0.385 e. The van der Waals surface area contributed by atoms with Gasteiger partial charge in [-0.2, -0.15) is 0 Å². The highest BCUT2D eigenvalue weighted by Gasteiger charge is 2.37. The van der Waals surface area contributed by atoms with Crippen LogP contribution in [0.4, 0.5) is 14.5 Å². The summed E-state index contributed by atoms with van der Waals surface area (Å²) in [7, 11) is 1.66. The molecule has 0 aliphatic carbocycles. The number of aromatic nitrogens is 3. The molecule has 1 atom stereocenters. The van der Waals surface area contributed by atoms with E-state index in [-0.39, 0.29) is 5.91 Å². The standard InChI is InChI=1S/C26H26F2N4O3/c1-15-25(16(2)35-30-15)17-5-8-22-21(13-17)29-26(31(22)11-4-12-34-3)23-9-10-24(33)32(23)18-6-7-19(27)20(28)14-18/h5-8,13-14,23H,4,9-12H2,1-3H3/t23-/m0/s1. The Kier molecular flexibility index (Phi) is 6.10. The first kappa shape index (κ1) is 23.2. The summed E-state index contributed by atoms with van der Waals surface area (Å²) in [6.07, 6.45) is 1.59. The molecule has 1 saturated heterocycles. The minimum Gasteiger partial charge on any atom is -0.385 e. The number of anilines is 1. The molecule has 1 aliphatic heterocycles. The molecule has 2 aromatic carbocycles. The van der Waals surface area contributed by atoms with Gasteiger partial charge in [0, 0.05) is 44.0 Å². The van der Waals surface area contributed by atoms with Gasteiger partial charge in [0.25, 0.3) is 0 Å². The molecule has 1 amide bonds. The Bertz CT molecular complexity index is 1390. The molecule has 0 bridgehead atoms. The van der Waals surface area contributed by atoms with Gasteiger partial charge in [0.05, 0.1) is 22.8 Å². The van der Waals surface area contributed by atoms with Crippen LogP contribution in [-0.2, 0) is 16.1 Å². The molecule has 0 radical (unpaired) electrons. The van der Waals surface area contributed by atoms with E-state index >= 15 is 0 Å². The predicted octanol–water partition coefficient (Wildman–Crippen LogP) is 5.49. The summed E-state index contributed by atoms with van der Waals surface area (Å²) in [5.74, 6) is -0.641. The zero-order valence-corrected chi connectivity index (χ0v) is 19.8. The molecule has 4 aromatic rings. The van der Waals surface area contributed by atoms with Gasteiger partial charge in [-0.1, -0.05) is 11.2 Å². The van der Waals surface area contributed by atoms with Crippen LogP contribution in [0.25, 0.3) is 22.2 Å². The number of halogens is 2. The molecule has 0 unspecified atom stereocenters. The van der Waals surface area contributed by atoms with Crippen molar-refractivity contribution in [2.75, 3.05) is 18.6 Å². The SMILES string of the molecule is COCCCn1c([C@@H]2CCC(=O)N2c2ccc(F)c(F)c2)nc2cc(-c3c(C)noc3C)ccc21. The second-order valence-corrected chi connectivity index (χ2v) is 8.79. The van der Waals surface area contributed by atoms with Crippen LogP contribution in [0.3, 0.4) is 0 Å². The third-order valence-electron chi connectivity index (χ3n) is 6.52. The quantitative estimate of drug-likeness (QED) is 0.327. The van der Waals surface area contributed by atoms with E-state index in [9.17, 15) is 13.6 Å². The molecule has 3 heterocycles. The number of carbonyl (C=O) groups is 1. The highest BCUT2D eigenvalue weighted by molar-refractivity contribution is 5.96. The maximum Gasteiger partial charge on any atom is 0.227 e. The topological polar surface area (TPSA) is 73.4 Å². The third kappa shape index (κ3) is 4.10. The fourth-order valence-corrected chi connectivity index (χ4v) is 4.94. The summed E-state index contributed by atoms with van der Waals surface area (Å²) in [5, 5.41) is 4.06. The lowest BCUT2D eigenvalue weighted by atomic mass is 10.0. The maximum absolute atomic E-state index is 14.0. The van der Waals surface area contributed by atoms with Gasteiger partial charge in [0.2, 0.25) is 5.91 Å². The number of methoxy groups -OCH3 is 1. The van der Waals surface area contributed by atoms with Gasteiger partial charge in [-0.25, -0.2) is 13.8 Å². The second-order valence-electron chi connectivity index (χ2n) is 8.79. The molecular formula is C26H26F2N4O3. The molecule has 182 valence electrons. The number of carbonyl (C=O) groups excluding carboxylic acids is 1. The first-order valence-corrected chi connectivity index (χ1v) is 11.6. The van der Waals surface area contributed by atoms with Crippen LogP contribution in [0, 0.1) is 25.5 Å². The number of rotatable bonds is 7. The van der Waals surface area contributed by atoms with Gasteiger partial charge in [-0.15, -0.1) is 0 Å². The molecule has 1 aliphatic rings. The van der Waals surface area contributed by atoms with Crippen molar-refractivity contribution in [2.24, 2.45) is 0 Å². The normalized spacial score (nSPS) is 16.1. The number of benzene rings is 2. The minimum absolute atomic E-state index is 0.145. The fraction of sp³-hybridized carbons (Fsp3) is 0.346. The molecule has 0 saturated carbocycles. The van der Waals surface area contributed by atoms with Gasteiger partial charge in [-0.05, 0) is 56.5 Å². The van der Waals surface area contributed by atoms with E-state index in [0.717, 1.165) is 52.2 Å². The fourth-order valence-electron chi connectivity index (χ4n) is 4.94. The van der Waals surface area contributed by atoms with Crippen molar-refractivity contribution >= 4 is 22.6 Å². The number of hydrogen-bond donors (Lipinski definition) is 0. The summed E-state index contributed by atoms with van der Waals surface area (Å²) < 4.78 is 40.3. The monoisotopic (exact) mass is 480 g/mol. The Balaban J connectivity index is 1.62. The molecule has 9 heteroatoms. The van der Waals surface area contributed by atoms with E-state index in [0.29, 0.717) is 37.5 Å². The zero-order chi connectivity index (χ0) is 24.7. The van der Waals surface area contributed by atoms with Crippen molar-refractivity contribution < 1.29 is 22.8 Å². The molecule has 0 spiro atoms. The molecule has 5 rings (SSSR count). The molecular weight excluding hydrogens is 454 g/mol. The summed E-state index contributed by atoms with van der Waals surface area (Å²) in [6.45, 7) is 4.99. The summed E-state index contributed by atoms with van der Waals surface area (Å²) >= 11 is 0. The summed E-state index contributed by atoms with van der Waals surface area (Å²) in [4.78, 5) is 19.4. The average Bonchev–Trinajstić information content (AvgIpc) is 3.50. The van der Waals surface area contributed by atoms with Gasteiger partial charge >= 0.3 is 0 Å². The van der Waals surface area contributed by atoms with Crippen LogP contribution >= 0.6 is 0 Å². The van der Waals surface area contributed by atoms with Crippen molar-refractivity contribution in [3.05, 3.63) is 65.3 Å². The molecule has 1 fully saturated rings.